The van der Waals surface area contributed by atoms with Crippen LogP contribution in [-0.4, -0.2) is 17.6 Å². The zero-order valence-corrected chi connectivity index (χ0v) is 7.27. The van der Waals surface area contributed by atoms with Crippen molar-refractivity contribution in [1.82, 2.24) is 0 Å². The maximum atomic E-state index is 5.14. The predicted molar refractivity (Wildman–Crippen MR) is 44.5 cm³/mol. The van der Waals surface area contributed by atoms with Gasteiger partial charge in [-0.15, -0.1) is 0 Å². The number of halogens is 1. The van der Waals surface area contributed by atoms with E-state index < -0.39 is 0 Å². The summed E-state index contributed by atoms with van der Waals surface area (Å²) in [6, 6.07) is 0. The fourth-order valence-electron chi connectivity index (χ4n) is 0.301. The molecule has 0 aromatic rings. The Labute approximate surface area is 64.2 Å². The first-order valence-corrected chi connectivity index (χ1v) is 4.08. The molecule has 0 radical (unpaired) electrons. The number of rotatable bonds is 4. The minimum Gasteiger partial charge on any atom is -0.376 e. The molecule has 0 aromatic heterocycles. The Morgan fingerprint density at radius 1 is 1.75 bits per heavy atom. The zero-order chi connectivity index (χ0) is 6.41. The fourth-order valence-corrected chi connectivity index (χ4v) is 0.612. The van der Waals surface area contributed by atoms with Crippen LogP contribution in [0.15, 0.2) is 12.2 Å². The molecule has 0 rings (SSSR count). The van der Waals surface area contributed by atoms with E-state index in [1.165, 1.54) is 0 Å². The van der Waals surface area contributed by atoms with Crippen LogP contribution in [0.2, 0.25) is 0 Å². The van der Waals surface area contributed by atoms with Crippen molar-refractivity contribution in [1.29, 1.82) is 0 Å². The van der Waals surface area contributed by atoms with Crippen molar-refractivity contribution >= 4 is 22.6 Å². The number of hydrogen-bond donors (Lipinski definition) is 0. The van der Waals surface area contributed by atoms with Gasteiger partial charge in [0.2, 0.25) is 0 Å². The lowest BCUT2D eigenvalue weighted by Gasteiger charge is -1.97. The molecule has 0 N–H and O–H groups in total. The van der Waals surface area contributed by atoms with Crippen molar-refractivity contribution in [2.24, 2.45) is 0 Å². The van der Waals surface area contributed by atoms with Gasteiger partial charge in [-0.2, -0.15) is 0 Å². The van der Waals surface area contributed by atoms with Crippen LogP contribution >= 0.6 is 22.6 Å². The Morgan fingerprint density at radius 2 is 2.38 bits per heavy atom. The summed E-state index contributed by atoms with van der Waals surface area (Å²) in [6.07, 6.45) is 0. The van der Waals surface area contributed by atoms with Crippen LogP contribution in [0.4, 0.5) is 0 Å². The third-order valence-corrected chi connectivity index (χ3v) is 1.01. The highest BCUT2D eigenvalue weighted by atomic mass is 127. The van der Waals surface area contributed by atoms with Gasteiger partial charge < -0.3 is 4.74 Å². The highest BCUT2D eigenvalue weighted by Gasteiger charge is 1.83. The smallest absolute Gasteiger partial charge is 0.0671 e. The van der Waals surface area contributed by atoms with Gasteiger partial charge in [0, 0.05) is 4.43 Å². The lowest BCUT2D eigenvalue weighted by molar-refractivity contribution is 0.175. The summed E-state index contributed by atoms with van der Waals surface area (Å²) < 4.78 is 6.20. The molecule has 1 nitrogen and oxygen atoms in total. The van der Waals surface area contributed by atoms with E-state index in [0.717, 1.165) is 16.6 Å². The van der Waals surface area contributed by atoms with E-state index in [0.29, 0.717) is 6.61 Å². The largest absolute Gasteiger partial charge is 0.376 e. The molecule has 0 saturated heterocycles. The third-order valence-electron chi connectivity index (χ3n) is 0.570. The van der Waals surface area contributed by atoms with E-state index in [1.807, 2.05) is 6.92 Å². The number of hydrogen-bond acceptors (Lipinski definition) is 1. The van der Waals surface area contributed by atoms with Crippen LogP contribution in [0, 0.1) is 0 Å². The van der Waals surface area contributed by atoms with Gasteiger partial charge in [-0.3, -0.25) is 0 Å². The summed E-state index contributed by atoms with van der Waals surface area (Å²) >= 11 is 2.28. The van der Waals surface area contributed by atoms with Gasteiger partial charge in [-0.25, -0.2) is 0 Å². The molecule has 0 bridgehead atoms. The normalized spacial score (nSPS) is 9.25. The second-order valence-electron chi connectivity index (χ2n) is 1.70. The first-order valence-electron chi connectivity index (χ1n) is 2.55. The molecule has 0 heterocycles. The standard InChI is InChI=1S/C6H11IO/c1-6(2)5-8-4-3-7/h1,3-5H2,2H3. The van der Waals surface area contributed by atoms with E-state index >= 15 is 0 Å². The van der Waals surface area contributed by atoms with Crippen molar-refractivity contribution in [2.45, 2.75) is 6.92 Å². The monoisotopic (exact) mass is 226 g/mol. The van der Waals surface area contributed by atoms with Gasteiger partial charge in [0.15, 0.2) is 0 Å². The van der Waals surface area contributed by atoms with Gasteiger partial charge >= 0.3 is 0 Å². The van der Waals surface area contributed by atoms with Crippen molar-refractivity contribution in [2.75, 3.05) is 17.6 Å². The molecule has 0 atom stereocenters. The van der Waals surface area contributed by atoms with E-state index in [4.69, 9.17) is 4.74 Å². The van der Waals surface area contributed by atoms with Crippen LogP contribution < -0.4 is 0 Å². The van der Waals surface area contributed by atoms with Crippen LogP contribution in [0.5, 0.6) is 0 Å². The fraction of sp³-hybridized carbons (Fsp3) is 0.667. The first kappa shape index (κ1) is 8.43. The number of alkyl halides is 1. The molecule has 48 valence electrons. The van der Waals surface area contributed by atoms with Gasteiger partial charge in [-0.1, -0.05) is 34.7 Å². The highest BCUT2D eigenvalue weighted by Crippen LogP contribution is 1.89. The topological polar surface area (TPSA) is 9.23 Å². The molecule has 0 amide bonds. The van der Waals surface area contributed by atoms with Crippen LogP contribution in [0.25, 0.3) is 0 Å². The molecule has 0 aliphatic heterocycles. The van der Waals surface area contributed by atoms with E-state index in [2.05, 4.69) is 29.2 Å². The van der Waals surface area contributed by atoms with Crippen molar-refractivity contribution in [3.63, 3.8) is 0 Å². The molecule has 0 aliphatic carbocycles. The quantitative estimate of drug-likeness (QED) is 0.308. The molecule has 0 fully saturated rings. The van der Waals surface area contributed by atoms with Crippen molar-refractivity contribution in [3.8, 4) is 0 Å². The second-order valence-corrected chi connectivity index (χ2v) is 2.78. The molecular weight excluding hydrogens is 215 g/mol. The third kappa shape index (κ3) is 6.43. The SMILES string of the molecule is C=C(C)COCCI. The Balaban J connectivity index is 2.82. The zero-order valence-electron chi connectivity index (χ0n) is 5.11. The van der Waals surface area contributed by atoms with Crippen molar-refractivity contribution in [3.05, 3.63) is 12.2 Å². The molecule has 2 heteroatoms. The highest BCUT2D eigenvalue weighted by molar-refractivity contribution is 14.1. The molecule has 0 saturated carbocycles. The maximum Gasteiger partial charge on any atom is 0.0671 e. The van der Waals surface area contributed by atoms with Gasteiger partial charge in [0.1, 0.15) is 0 Å². The average Bonchev–Trinajstić information content (AvgIpc) is 1.66. The lowest BCUT2D eigenvalue weighted by Crippen LogP contribution is -1.97. The summed E-state index contributed by atoms with van der Waals surface area (Å²) in [7, 11) is 0. The van der Waals surface area contributed by atoms with Crippen LogP contribution in [0.1, 0.15) is 6.92 Å². The Bertz CT molecular complexity index is 70.9. The van der Waals surface area contributed by atoms with E-state index in [9.17, 15) is 0 Å². The minimum atomic E-state index is 0.711. The van der Waals surface area contributed by atoms with E-state index in [1.54, 1.807) is 0 Å². The molecule has 0 spiro atoms. The molecule has 0 unspecified atom stereocenters. The van der Waals surface area contributed by atoms with Crippen molar-refractivity contribution < 1.29 is 4.74 Å². The second kappa shape index (κ2) is 5.56. The van der Waals surface area contributed by atoms with Gasteiger partial charge in [0.05, 0.1) is 13.2 Å². The molecule has 0 aliphatic rings. The van der Waals surface area contributed by atoms with Gasteiger partial charge in [0.25, 0.3) is 0 Å². The average molecular weight is 226 g/mol. The summed E-state index contributed by atoms with van der Waals surface area (Å²) in [5.74, 6) is 0. The summed E-state index contributed by atoms with van der Waals surface area (Å²) in [4.78, 5) is 0. The molecular formula is C6H11IO. The first-order chi connectivity index (χ1) is 3.77. The summed E-state index contributed by atoms with van der Waals surface area (Å²) in [5, 5.41) is 0. The summed E-state index contributed by atoms with van der Waals surface area (Å²) in [6.45, 7) is 7.22. The van der Waals surface area contributed by atoms with Crippen LogP contribution in [0.3, 0.4) is 0 Å². The Morgan fingerprint density at radius 3 is 2.75 bits per heavy atom. The van der Waals surface area contributed by atoms with E-state index in [-0.39, 0.29) is 0 Å². The van der Waals surface area contributed by atoms with Gasteiger partial charge in [-0.05, 0) is 6.92 Å². The number of ether oxygens (including phenoxy) is 1. The maximum absolute atomic E-state index is 5.14. The molecule has 8 heavy (non-hydrogen) atoms. The van der Waals surface area contributed by atoms with Crippen LogP contribution in [-0.2, 0) is 4.74 Å². The lowest BCUT2D eigenvalue weighted by atomic mass is 10.4. The molecule has 0 aromatic carbocycles. The Hall–Kier alpha value is 0.430. The Kier molecular flexibility index (Phi) is 5.86. The predicted octanol–water partition coefficient (Wildman–Crippen LogP) is 2.01. The summed E-state index contributed by atoms with van der Waals surface area (Å²) in [5.41, 5.74) is 1.09. The minimum absolute atomic E-state index is 0.711.